The first-order valence-corrected chi connectivity index (χ1v) is 6.47. The fourth-order valence-corrected chi connectivity index (χ4v) is 2.93. The van der Waals surface area contributed by atoms with Crippen molar-refractivity contribution in [1.82, 2.24) is 4.98 Å². The SMILES string of the molecule is O=S1CCC(Nc2cccc(F)n2)CC1. The van der Waals surface area contributed by atoms with E-state index in [0.717, 1.165) is 24.3 Å². The van der Waals surface area contributed by atoms with Gasteiger partial charge in [-0.15, -0.1) is 0 Å². The van der Waals surface area contributed by atoms with E-state index in [0.29, 0.717) is 5.82 Å². The van der Waals surface area contributed by atoms with Crippen molar-refractivity contribution in [3.05, 3.63) is 24.1 Å². The van der Waals surface area contributed by atoms with Crippen LogP contribution in [0.1, 0.15) is 12.8 Å². The van der Waals surface area contributed by atoms with E-state index in [2.05, 4.69) is 10.3 Å². The van der Waals surface area contributed by atoms with Gasteiger partial charge in [0.2, 0.25) is 5.95 Å². The predicted octanol–water partition coefficient (Wildman–Crippen LogP) is 1.54. The zero-order valence-corrected chi connectivity index (χ0v) is 9.10. The number of hydrogen-bond acceptors (Lipinski definition) is 3. The van der Waals surface area contributed by atoms with Crippen LogP contribution in [-0.4, -0.2) is 26.7 Å². The molecule has 1 aromatic heterocycles. The van der Waals surface area contributed by atoms with Gasteiger partial charge in [-0.3, -0.25) is 4.21 Å². The van der Waals surface area contributed by atoms with E-state index in [-0.39, 0.29) is 6.04 Å². The summed E-state index contributed by atoms with van der Waals surface area (Å²) in [6.45, 7) is 0. The number of nitrogens with one attached hydrogen (secondary N) is 1. The highest BCUT2D eigenvalue weighted by molar-refractivity contribution is 7.85. The minimum absolute atomic E-state index is 0.275. The minimum Gasteiger partial charge on any atom is -0.367 e. The molecule has 0 spiro atoms. The first-order valence-electron chi connectivity index (χ1n) is 4.98. The number of rotatable bonds is 2. The van der Waals surface area contributed by atoms with Gasteiger partial charge in [0.25, 0.3) is 0 Å². The van der Waals surface area contributed by atoms with Gasteiger partial charge in [-0.25, -0.2) is 4.98 Å². The number of anilines is 1. The summed E-state index contributed by atoms with van der Waals surface area (Å²) in [5, 5.41) is 3.16. The highest BCUT2D eigenvalue weighted by Crippen LogP contribution is 2.14. The molecule has 15 heavy (non-hydrogen) atoms. The molecule has 0 amide bonds. The second-order valence-electron chi connectivity index (χ2n) is 3.61. The number of pyridine rings is 1. The molecule has 1 aliphatic heterocycles. The maximum absolute atomic E-state index is 12.8. The normalized spacial score (nSPS) is 26.2. The lowest BCUT2D eigenvalue weighted by Gasteiger charge is -2.22. The van der Waals surface area contributed by atoms with Crippen molar-refractivity contribution in [2.75, 3.05) is 16.8 Å². The van der Waals surface area contributed by atoms with Crippen LogP contribution in [0.4, 0.5) is 10.2 Å². The molecule has 0 radical (unpaired) electrons. The minimum atomic E-state index is -0.658. The van der Waals surface area contributed by atoms with Crippen LogP contribution >= 0.6 is 0 Å². The monoisotopic (exact) mass is 228 g/mol. The number of halogens is 1. The van der Waals surface area contributed by atoms with E-state index in [4.69, 9.17) is 0 Å². The Kier molecular flexibility index (Phi) is 3.30. The van der Waals surface area contributed by atoms with Crippen LogP contribution in [0.15, 0.2) is 18.2 Å². The van der Waals surface area contributed by atoms with Gasteiger partial charge in [-0.05, 0) is 25.0 Å². The summed E-state index contributed by atoms with van der Waals surface area (Å²) in [6.07, 6.45) is 1.73. The lowest BCUT2D eigenvalue weighted by molar-refractivity contribution is 0.579. The molecule has 1 aromatic rings. The molecule has 0 atom stereocenters. The second kappa shape index (κ2) is 4.70. The smallest absolute Gasteiger partial charge is 0.214 e. The third kappa shape index (κ3) is 2.99. The zero-order chi connectivity index (χ0) is 10.7. The van der Waals surface area contributed by atoms with Crippen molar-refractivity contribution < 1.29 is 8.60 Å². The Morgan fingerprint density at radius 3 is 2.80 bits per heavy atom. The van der Waals surface area contributed by atoms with Crippen LogP contribution < -0.4 is 5.32 Å². The summed E-state index contributed by atoms with van der Waals surface area (Å²) in [5.41, 5.74) is 0. The first kappa shape index (κ1) is 10.5. The van der Waals surface area contributed by atoms with E-state index in [1.807, 2.05) is 0 Å². The lowest BCUT2D eigenvalue weighted by Crippen LogP contribution is -2.29. The van der Waals surface area contributed by atoms with Gasteiger partial charge < -0.3 is 5.32 Å². The fraction of sp³-hybridized carbons (Fsp3) is 0.500. The Hall–Kier alpha value is -0.970. The molecule has 1 saturated heterocycles. The first-order chi connectivity index (χ1) is 7.24. The standard InChI is InChI=1S/C10H13FN2OS/c11-9-2-1-3-10(13-9)12-8-4-6-15(14)7-5-8/h1-3,8H,4-7H2,(H,12,13). The average Bonchev–Trinajstić information content (AvgIpc) is 2.22. The van der Waals surface area contributed by atoms with Gasteiger partial charge >= 0.3 is 0 Å². The molecule has 0 bridgehead atoms. The van der Waals surface area contributed by atoms with E-state index >= 15 is 0 Å². The van der Waals surface area contributed by atoms with E-state index in [1.165, 1.54) is 6.07 Å². The molecule has 2 heterocycles. The molecule has 5 heteroatoms. The molecule has 0 unspecified atom stereocenters. The topological polar surface area (TPSA) is 42.0 Å². The van der Waals surface area contributed by atoms with Crippen molar-refractivity contribution in [3.63, 3.8) is 0 Å². The summed E-state index contributed by atoms with van der Waals surface area (Å²) in [6, 6.07) is 4.97. The molecule has 0 aromatic carbocycles. The van der Waals surface area contributed by atoms with Crippen molar-refractivity contribution in [3.8, 4) is 0 Å². The van der Waals surface area contributed by atoms with Gasteiger partial charge in [-0.2, -0.15) is 4.39 Å². The van der Waals surface area contributed by atoms with Crippen LogP contribution in [0.25, 0.3) is 0 Å². The molecule has 1 fully saturated rings. The fourth-order valence-electron chi connectivity index (χ4n) is 1.64. The molecule has 1 N–H and O–H groups in total. The summed E-state index contributed by atoms with van der Waals surface area (Å²) in [7, 11) is -0.658. The molecular formula is C10H13FN2OS. The van der Waals surface area contributed by atoms with Gasteiger partial charge in [0, 0.05) is 28.3 Å². The summed E-state index contributed by atoms with van der Waals surface area (Å²) in [5.74, 6) is 1.55. The molecule has 82 valence electrons. The Balaban J connectivity index is 1.94. The largest absolute Gasteiger partial charge is 0.367 e. The van der Waals surface area contributed by atoms with Crippen LogP contribution in [-0.2, 0) is 10.8 Å². The van der Waals surface area contributed by atoms with E-state index in [1.54, 1.807) is 12.1 Å². The molecule has 0 saturated carbocycles. The van der Waals surface area contributed by atoms with Gasteiger partial charge in [0.15, 0.2) is 0 Å². The number of hydrogen-bond donors (Lipinski definition) is 1. The quantitative estimate of drug-likeness (QED) is 0.781. The molecule has 1 aliphatic rings. The van der Waals surface area contributed by atoms with Crippen LogP contribution in [0.3, 0.4) is 0 Å². The molecule has 2 rings (SSSR count). The van der Waals surface area contributed by atoms with Crippen molar-refractivity contribution in [1.29, 1.82) is 0 Å². The van der Waals surface area contributed by atoms with Gasteiger partial charge in [0.05, 0.1) is 0 Å². The summed E-state index contributed by atoms with van der Waals surface area (Å²) >= 11 is 0. The number of nitrogens with zero attached hydrogens (tertiary/aromatic N) is 1. The Morgan fingerprint density at radius 1 is 1.40 bits per heavy atom. The Labute approximate surface area is 90.6 Å². The maximum atomic E-state index is 12.8. The van der Waals surface area contributed by atoms with Crippen LogP contribution in [0, 0.1) is 5.95 Å². The third-order valence-corrected chi connectivity index (χ3v) is 3.84. The van der Waals surface area contributed by atoms with E-state index < -0.39 is 16.7 Å². The van der Waals surface area contributed by atoms with Crippen molar-refractivity contribution in [2.45, 2.75) is 18.9 Å². The maximum Gasteiger partial charge on any atom is 0.214 e. The van der Waals surface area contributed by atoms with Gasteiger partial charge in [-0.1, -0.05) is 6.07 Å². The molecular weight excluding hydrogens is 215 g/mol. The van der Waals surface area contributed by atoms with Crippen molar-refractivity contribution >= 4 is 16.6 Å². The predicted molar refractivity (Wildman–Crippen MR) is 58.7 cm³/mol. The molecule has 0 aliphatic carbocycles. The van der Waals surface area contributed by atoms with Gasteiger partial charge in [0.1, 0.15) is 5.82 Å². The Bertz CT molecular complexity index is 362. The second-order valence-corrected chi connectivity index (χ2v) is 5.31. The highest BCUT2D eigenvalue weighted by Gasteiger charge is 2.17. The molecule has 3 nitrogen and oxygen atoms in total. The Morgan fingerprint density at radius 2 is 2.13 bits per heavy atom. The zero-order valence-electron chi connectivity index (χ0n) is 8.28. The highest BCUT2D eigenvalue weighted by atomic mass is 32.2. The van der Waals surface area contributed by atoms with E-state index in [9.17, 15) is 8.60 Å². The average molecular weight is 228 g/mol. The van der Waals surface area contributed by atoms with Crippen molar-refractivity contribution in [2.24, 2.45) is 0 Å². The lowest BCUT2D eigenvalue weighted by atomic mass is 10.1. The van der Waals surface area contributed by atoms with Crippen LogP contribution in [0.5, 0.6) is 0 Å². The summed E-state index contributed by atoms with van der Waals surface area (Å²) in [4.78, 5) is 3.73. The number of aromatic nitrogens is 1. The van der Waals surface area contributed by atoms with Crippen LogP contribution in [0.2, 0.25) is 0 Å². The summed E-state index contributed by atoms with van der Waals surface area (Å²) < 4.78 is 23.9. The third-order valence-electron chi connectivity index (χ3n) is 2.46.